The van der Waals surface area contributed by atoms with Gasteiger partial charge < -0.3 is 10.4 Å². The maximum absolute atomic E-state index is 11.8. The van der Waals surface area contributed by atoms with E-state index in [1.165, 1.54) is 0 Å². The standard InChI is InChI=1S/C11H18N4O2/c1-8-6-12-14-15(8)7-11(17)13-9-2-4-10(16)5-3-9/h6,9-10,16H,2-5,7H2,1H3,(H,13,17). The molecule has 94 valence electrons. The normalized spacial score (nSPS) is 24.6. The first-order valence-corrected chi connectivity index (χ1v) is 5.97. The average Bonchev–Trinajstić information content (AvgIpc) is 2.68. The van der Waals surface area contributed by atoms with Gasteiger partial charge in [-0.2, -0.15) is 0 Å². The van der Waals surface area contributed by atoms with Crippen LogP contribution < -0.4 is 5.32 Å². The molecule has 1 aliphatic carbocycles. The first-order chi connectivity index (χ1) is 8.15. The highest BCUT2D eigenvalue weighted by Crippen LogP contribution is 2.18. The van der Waals surface area contributed by atoms with Crippen LogP contribution in [0.2, 0.25) is 0 Å². The minimum Gasteiger partial charge on any atom is -0.393 e. The van der Waals surface area contributed by atoms with Gasteiger partial charge >= 0.3 is 0 Å². The predicted molar refractivity (Wildman–Crippen MR) is 61.2 cm³/mol. The van der Waals surface area contributed by atoms with Crippen molar-refractivity contribution in [3.63, 3.8) is 0 Å². The summed E-state index contributed by atoms with van der Waals surface area (Å²) in [4.78, 5) is 11.8. The molecule has 1 aliphatic rings. The fourth-order valence-corrected chi connectivity index (χ4v) is 2.09. The molecule has 6 heteroatoms. The minimum atomic E-state index is -0.194. The highest BCUT2D eigenvalue weighted by atomic mass is 16.3. The van der Waals surface area contributed by atoms with E-state index in [2.05, 4.69) is 15.6 Å². The molecule has 0 bridgehead atoms. The number of nitrogens with zero attached hydrogens (tertiary/aromatic N) is 3. The Hall–Kier alpha value is -1.43. The van der Waals surface area contributed by atoms with Crippen LogP contribution in [0.4, 0.5) is 0 Å². The van der Waals surface area contributed by atoms with Crippen LogP contribution >= 0.6 is 0 Å². The summed E-state index contributed by atoms with van der Waals surface area (Å²) >= 11 is 0. The number of carbonyl (C=O) groups is 1. The number of aromatic nitrogens is 3. The van der Waals surface area contributed by atoms with Crippen LogP contribution in [0.25, 0.3) is 0 Å². The van der Waals surface area contributed by atoms with Crippen LogP contribution in [0.15, 0.2) is 6.20 Å². The largest absolute Gasteiger partial charge is 0.393 e. The van der Waals surface area contributed by atoms with E-state index in [0.29, 0.717) is 0 Å². The third kappa shape index (κ3) is 3.26. The van der Waals surface area contributed by atoms with E-state index in [-0.39, 0.29) is 24.6 Å². The number of hydrogen-bond donors (Lipinski definition) is 2. The Labute approximate surface area is 100 Å². The van der Waals surface area contributed by atoms with Gasteiger partial charge in [0.1, 0.15) is 6.54 Å². The molecule has 0 saturated heterocycles. The van der Waals surface area contributed by atoms with E-state index in [1.54, 1.807) is 10.9 Å². The molecule has 1 aromatic rings. The molecule has 2 N–H and O–H groups in total. The maximum Gasteiger partial charge on any atom is 0.242 e. The second-order valence-electron chi connectivity index (χ2n) is 4.61. The van der Waals surface area contributed by atoms with Crippen LogP contribution in [0.5, 0.6) is 0 Å². The third-order valence-electron chi connectivity index (χ3n) is 3.17. The second-order valence-corrected chi connectivity index (χ2v) is 4.61. The van der Waals surface area contributed by atoms with Crippen molar-refractivity contribution in [2.24, 2.45) is 0 Å². The third-order valence-corrected chi connectivity index (χ3v) is 3.17. The molecule has 1 aromatic heterocycles. The molecule has 0 atom stereocenters. The van der Waals surface area contributed by atoms with E-state index in [4.69, 9.17) is 0 Å². The topological polar surface area (TPSA) is 80.0 Å². The summed E-state index contributed by atoms with van der Waals surface area (Å²) in [6.45, 7) is 2.08. The molecule has 0 spiro atoms. The smallest absolute Gasteiger partial charge is 0.242 e. The zero-order chi connectivity index (χ0) is 12.3. The lowest BCUT2D eigenvalue weighted by Gasteiger charge is -2.26. The Morgan fingerprint density at radius 2 is 2.24 bits per heavy atom. The summed E-state index contributed by atoms with van der Waals surface area (Å²) in [6.07, 6.45) is 4.68. The highest BCUT2D eigenvalue weighted by Gasteiger charge is 2.20. The van der Waals surface area contributed by atoms with Crippen molar-refractivity contribution in [2.45, 2.75) is 51.3 Å². The summed E-state index contributed by atoms with van der Waals surface area (Å²) in [7, 11) is 0. The summed E-state index contributed by atoms with van der Waals surface area (Å²) < 4.78 is 1.58. The van der Waals surface area contributed by atoms with E-state index >= 15 is 0 Å². The van der Waals surface area contributed by atoms with Gasteiger partial charge in [0.25, 0.3) is 0 Å². The number of aliphatic hydroxyl groups excluding tert-OH is 1. The maximum atomic E-state index is 11.8. The molecule has 2 rings (SSSR count). The molecule has 17 heavy (non-hydrogen) atoms. The van der Waals surface area contributed by atoms with E-state index in [1.807, 2.05) is 6.92 Å². The summed E-state index contributed by atoms with van der Waals surface area (Å²) in [5.74, 6) is -0.0417. The molecule has 0 aromatic carbocycles. The fraction of sp³-hybridized carbons (Fsp3) is 0.727. The fourth-order valence-electron chi connectivity index (χ4n) is 2.09. The molecule has 6 nitrogen and oxygen atoms in total. The lowest BCUT2D eigenvalue weighted by Crippen LogP contribution is -2.40. The van der Waals surface area contributed by atoms with Crippen molar-refractivity contribution in [3.8, 4) is 0 Å². The molecule has 1 heterocycles. The van der Waals surface area contributed by atoms with Crippen molar-refractivity contribution in [3.05, 3.63) is 11.9 Å². The van der Waals surface area contributed by atoms with Gasteiger partial charge in [-0.3, -0.25) is 4.79 Å². The van der Waals surface area contributed by atoms with E-state index < -0.39 is 0 Å². The lowest BCUT2D eigenvalue weighted by atomic mass is 9.93. The van der Waals surface area contributed by atoms with Crippen molar-refractivity contribution >= 4 is 5.91 Å². The Morgan fingerprint density at radius 1 is 1.53 bits per heavy atom. The molecule has 1 fully saturated rings. The van der Waals surface area contributed by atoms with Crippen molar-refractivity contribution < 1.29 is 9.90 Å². The number of carbonyl (C=O) groups excluding carboxylic acids is 1. The number of rotatable bonds is 3. The molecule has 0 unspecified atom stereocenters. The molecular formula is C11H18N4O2. The lowest BCUT2D eigenvalue weighted by molar-refractivity contribution is -0.123. The van der Waals surface area contributed by atoms with Crippen LogP contribution in [-0.2, 0) is 11.3 Å². The summed E-state index contributed by atoms with van der Waals surface area (Å²) in [5.41, 5.74) is 0.874. The monoisotopic (exact) mass is 238 g/mol. The van der Waals surface area contributed by atoms with Gasteiger partial charge in [-0.05, 0) is 32.6 Å². The first kappa shape index (κ1) is 12.0. The van der Waals surface area contributed by atoms with Crippen LogP contribution in [0.1, 0.15) is 31.4 Å². The molecule has 0 aliphatic heterocycles. The number of aliphatic hydroxyl groups is 1. The van der Waals surface area contributed by atoms with Crippen molar-refractivity contribution in [2.75, 3.05) is 0 Å². The van der Waals surface area contributed by atoms with E-state index in [9.17, 15) is 9.90 Å². The van der Waals surface area contributed by atoms with Crippen LogP contribution in [0, 0.1) is 6.92 Å². The summed E-state index contributed by atoms with van der Waals surface area (Å²) in [5, 5.41) is 19.9. The first-order valence-electron chi connectivity index (χ1n) is 5.97. The number of nitrogens with one attached hydrogen (secondary N) is 1. The van der Waals surface area contributed by atoms with Crippen molar-refractivity contribution in [1.29, 1.82) is 0 Å². The number of amides is 1. The average molecular weight is 238 g/mol. The van der Waals surface area contributed by atoms with Gasteiger partial charge in [0.05, 0.1) is 18.0 Å². The Bertz CT molecular complexity index is 383. The van der Waals surface area contributed by atoms with Gasteiger partial charge in [0, 0.05) is 6.04 Å². The van der Waals surface area contributed by atoms with Gasteiger partial charge in [0.2, 0.25) is 5.91 Å². The Morgan fingerprint density at radius 3 is 2.82 bits per heavy atom. The minimum absolute atomic E-state index is 0.0417. The van der Waals surface area contributed by atoms with Crippen LogP contribution in [0.3, 0.4) is 0 Å². The van der Waals surface area contributed by atoms with Gasteiger partial charge in [0.15, 0.2) is 0 Å². The summed E-state index contributed by atoms with van der Waals surface area (Å²) in [6, 6.07) is 0.190. The zero-order valence-corrected chi connectivity index (χ0v) is 9.96. The number of aryl methyl sites for hydroxylation is 1. The second kappa shape index (κ2) is 5.27. The SMILES string of the molecule is Cc1cnnn1CC(=O)NC1CCC(O)CC1. The molecule has 1 saturated carbocycles. The van der Waals surface area contributed by atoms with Gasteiger partial charge in [-0.15, -0.1) is 5.10 Å². The molecule has 1 amide bonds. The van der Waals surface area contributed by atoms with Gasteiger partial charge in [-0.25, -0.2) is 4.68 Å². The Kier molecular flexibility index (Phi) is 3.73. The zero-order valence-electron chi connectivity index (χ0n) is 9.96. The number of hydrogen-bond acceptors (Lipinski definition) is 4. The highest BCUT2D eigenvalue weighted by molar-refractivity contribution is 5.76. The Balaban J connectivity index is 1.80. The molecular weight excluding hydrogens is 220 g/mol. The quantitative estimate of drug-likeness (QED) is 0.777. The predicted octanol–water partition coefficient (Wildman–Crippen LogP) is 0.00622. The van der Waals surface area contributed by atoms with E-state index in [0.717, 1.165) is 31.4 Å². The van der Waals surface area contributed by atoms with Crippen LogP contribution in [-0.4, -0.2) is 38.2 Å². The molecule has 0 radical (unpaired) electrons. The van der Waals surface area contributed by atoms with Crippen molar-refractivity contribution in [1.82, 2.24) is 20.3 Å². The van der Waals surface area contributed by atoms with Gasteiger partial charge in [-0.1, -0.05) is 5.21 Å².